The number of nitrogens with one attached hydrogen (secondary N) is 1. The zero-order chi connectivity index (χ0) is 12.5. The number of hydrogen-bond acceptors (Lipinski definition) is 3. The van der Waals surface area contributed by atoms with Gasteiger partial charge in [0, 0.05) is 33.4 Å². The summed E-state index contributed by atoms with van der Waals surface area (Å²) >= 11 is 0. The first kappa shape index (κ1) is 14.2. The van der Waals surface area contributed by atoms with E-state index in [1.807, 2.05) is 6.07 Å². The lowest BCUT2D eigenvalue weighted by Gasteiger charge is -2.15. The second-order valence-corrected chi connectivity index (χ2v) is 4.27. The third-order valence-corrected chi connectivity index (χ3v) is 2.81. The molecule has 96 valence electrons. The first-order valence-electron chi connectivity index (χ1n) is 6.06. The van der Waals surface area contributed by atoms with E-state index in [0.717, 1.165) is 19.6 Å². The summed E-state index contributed by atoms with van der Waals surface area (Å²) in [5.41, 5.74) is 2.56. The molecule has 0 aliphatic heterocycles. The van der Waals surface area contributed by atoms with Crippen molar-refractivity contribution in [3.63, 3.8) is 0 Å². The Balaban J connectivity index is 2.44. The van der Waals surface area contributed by atoms with Crippen molar-refractivity contribution in [2.24, 2.45) is 0 Å². The van der Waals surface area contributed by atoms with Crippen molar-refractivity contribution in [2.75, 3.05) is 20.8 Å². The lowest BCUT2D eigenvalue weighted by molar-refractivity contribution is 0.182. The summed E-state index contributed by atoms with van der Waals surface area (Å²) in [6, 6.07) is 8.83. The van der Waals surface area contributed by atoms with Crippen molar-refractivity contribution in [2.45, 2.75) is 32.5 Å². The summed E-state index contributed by atoms with van der Waals surface area (Å²) in [7, 11) is 3.46. The van der Waals surface area contributed by atoms with Gasteiger partial charge in [0.05, 0.1) is 6.61 Å². The molecule has 0 radical (unpaired) electrons. The van der Waals surface area contributed by atoms with E-state index in [0.29, 0.717) is 12.6 Å². The van der Waals surface area contributed by atoms with Crippen LogP contribution in [0.5, 0.6) is 0 Å². The summed E-state index contributed by atoms with van der Waals surface area (Å²) in [5, 5.41) is 3.50. The van der Waals surface area contributed by atoms with Gasteiger partial charge in [-0.05, 0) is 24.5 Å². The van der Waals surface area contributed by atoms with Crippen LogP contribution in [0.15, 0.2) is 24.3 Å². The molecule has 0 spiro atoms. The van der Waals surface area contributed by atoms with Gasteiger partial charge in [-0.25, -0.2) is 0 Å². The van der Waals surface area contributed by atoms with Crippen LogP contribution in [0, 0.1) is 0 Å². The molecule has 0 aromatic heterocycles. The summed E-state index contributed by atoms with van der Waals surface area (Å²) < 4.78 is 10.3. The minimum atomic E-state index is 0.463. The van der Waals surface area contributed by atoms with Gasteiger partial charge in [0.1, 0.15) is 0 Å². The summed E-state index contributed by atoms with van der Waals surface area (Å²) in [6.07, 6.45) is 1.03. The molecular formula is C14H23NO2. The molecule has 0 heterocycles. The Labute approximate surface area is 104 Å². The van der Waals surface area contributed by atoms with E-state index in [1.54, 1.807) is 14.2 Å². The average Bonchev–Trinajstić information content (AvgIpc) is 2.35. The Morgan fingerprint density at radius 2 is 1.82 bits per heavy atom. The van der Waals surface area contributed by atoms with Crippen LogP contribution in [0.25, 0.3) is 0 Å². The zero-order valence-corrected chi connectivity index (χ0v) is 11.0. The van der Waals surface area contributed by atoms with E-state index in [2.05, 4.69) is 30.4 Å². The quantitative estimate of drug-likeness (QED) is 0.753. The third kappa shape index (κ3) is 5.31. The van der Waals surface area contributed by atoms with Crippen LogP contribution in [0.1, 0.15) is 24.5 Å². The van der Waals surface area contributed by atoms with Crippen molar-refractivity contribution < 1.29 is 9.47 Å². The van der Waals surface area contributed by atoms with Crippen molar-refractivity contribution >= 4 is 0 Å². The van der Waals surface area contributed by atoms with Gasteiger partial charge in [-0.15, -0.1) is 0 Å². The summed E-state index contributed by atoms with van der Waals surface area (Å²) in [5.74, 6) is 0. The number of methoxy groups -OCH3 is 2. The predicted octanol–water partition coefficient (Wildman–Crippen LogP) is 2.35. The summed E-state index contributed by atoms with van der Waals surface area (Å²) in [6.45, 7) is 4.53. The number of hydrogen-bond donors (Lipinski definition) is 1. The van der Waals surface area contributed by atoms with Crippen LogP contribution in [0.2, 0.25) is 0 Å². The van der Waals surface area contributed by atoms with Gasteiger partial charge in [0.15, 0.2) is 0 Å². The Morgan fingerprint density at radius 3 is 2.47 bits per heavy atom. The number of rotatable bonds is 8. The molecule has 1 unspecified atom stereocenters. The van der Waals surface area contributed by atoms with Crippen molar-refractivity contribution in [3.05, 3.63) is 35.4 Å². The molecule has 0 aliphatic carbocycles. The molecular weight excluding hydrogens is 214 g/mol. The van der Waals surface area contributed by atoms with Gasteiger partial charge in [-0.1, -0.05) is 24.3 Å². The van der Waals surface area contributed by atoms with Gasteiger partial charge in [-0.3, -0.25) is 0 Å². The first-order valence-corrected chi connectivity index (χ1v) is 6.06. The third-order valence-electron chi connectivity index (χ3n) is 2.81. The average molecular weight is 237 g/mol. The minimum Gasteiger partial charge on any atom is -0.385 e. The SMILES string of the molecule is COCCC(C)NCc1ccccc1COC. The second-order valence-electron chi connectivity index (χ2n) is 4.27. The van der Waals surface area contributed by atoms with E-state index in [9.17, 15) is 0 Å². The summed E-state index contributed by atoms with van der Waals surface area (Å²) in [4.78, 5) is 0. The highest BCUT2D eigenvalue weighted by atomic mass is 16.5. The molecule has 1 rings (SSSR count). The fourth-order valence-corrected chi connectivity index (χ4v) is 1.71. The molecule has 3 heteroatoms. The molecule has 0 amide bonds. The molecule has 17 heavy (non-hydrogen) atoms. The molecule has 1 N–H and O–H groups in total. The smallest absolute Gasteiger partial charge is 0.0716 e. The van der Waals surface area contributed by atoms with E-state index in [1.165, 1.54) is 11.1 Å². The predicted molar refractivity (Wildman–Crippen MR) is 69.9 cm³/mol. The standard InChI is InChI=1S/C14H23NO2/c1-12(8-9-16-2)15-10-13-6-4-5-7-14(13)11-17-3/h4-7,12,15H,8-11H2,1-3H3. The van der Waals surface area contributed by atoms with Crippen LogP contribution < -0.4 is 5.32 Å². The van der Waals surface area contributed by atoms with Gasteiger partial charge in [0.25, 0.3) is 0 Å². The Morgan fingerprint density at radius 1 is 1.12 bits per heavy atom. The Kier molecular flexibility index (Phi) is 6.86. The van der Waals surface area contributed by atoms with Crippen LogP contribution >= 0.6 is 0 Å². The highest BCUT2D eigenvalue weighted by Crippen LogP contribution is 2.10. The van der Waals surface area contributed by atoms with Gasteiger partial charge in [0.2, 0.25) is 0 Å². The molecule has 1 aromatic rings. The van der Waals surface area contributed by atoms with Crippen LogP contribution in [-0.4, -0.2) is 26.9 Å². The molecule has 0 fully saturated rings. The lowest BCUT2D eigenvalue weighted by Crippen LogP contribution is -2.27. The van der Waals surface area contributed by atoms with E-state index in [-0.39, 0.29) is 0 Å². The normalized spacial score (nSPS) is 12.6. The van der Waals surface area contributed by atoms with Gasteiger partial charge >= 0.3 is 0 Å². The number of benzene rings is 1. The molecule has 3 nitrogen and oxygen atoms in total. The lowest BCUT2D eigenvalue weighted by atomic mass is 10.1. The van der Waals surface area contributed by atoms with Crippen LogP contribution in [-0.2, 0) is 22.6 Å². The van der Waals surface area contributed by atoms with E-state index in [4.69, 9.17) is 9.47 Å². The highest BCUT2D eigenvalue weighted by Gasteiger charge is 2.04. The molecule has 0 aliphatic rings. The maximum atomic E-state index is 5.19. The topological polar surface area (TPSA) is 30.5 Å². The molecule has 0 bridgehead atoms. The fraction of sp³-hybridized carbons (Fsp3) is 0.571. The van der Waals surface area contributed by atoms with Crippen LogP contribution in [0.4, 0.5) is 0 Å². The first-order chi connectivity index (χ1) is 8.27. The van der Waals surface area contributed by atoms with Gasteiger partial charge in [-0.2, -0.15) is 0 Å². The minimum absolute atomic E-state index is 0.463. The Hall–Kier alpha value is -0.900. The highest BCUT2D eigenvalue weighted by molar-refractivity contribution is 5.26. The number of ether oxygens (including phenoxy) is 2. The van der Waals surface area contributed by atoms with E-state index >= 15 is 0 Å². The Bertz CT molecular complexity index is 315. The van der Waals surface area contributed by atoms with Gasteiger partial charge < -0.3 is 14.8 Å². The van der Waals surface area contributed by atoms with Crippen molar-refractivity contribution in [3.8, 4) is 0 Å². The second kappa shape index (κ2) is 8.23. The van der Waals surface area contributed by atoms with Crippen molar-refractivity contribution in [1.82, 2.24) is 5.32 Å². The monoisotopic (exact) mass is 237 g/mol. The molecule has 0 saturated carbocycles. The maximum Gasteiger partial charge on any atom is 0.0716 e. The van der Waals surface area contributed by atoms with Crippen molar-refractivity contribution in [1.29, 1.82) is 0 Å². The fourth-order valence-electron chi connectivity index (χ4n) is 1.71. The molecule has 1 atom stereocenters. The maximum absolute atomic E-state index is 5.19. The molecule has 1 aromatic carbocycles. The molecule has 0 saturated heterocycles. The van der Waals surface area contributed by atoms with E-state index < -0.39 is 0 Å². The zero-order valence-electron chi connectivity index (χ0n) is 11.0. The largest absolute Gasteiger partial charge is 0.385 e. The van der Waals surface area contributed by atoms with Crippen LogP contribution in [0.3, 0.4) is 0 Å².